The minimum atomic E-state index is -2.67. The van der Waals surface area contributed by atoms with Gasteiger partial charge in [-0.2, -0.15) is 0 Å². The predicted octanol–water partition coefficient (Wildman–Crippen LogP) is -1.42. The van der Waals surface area contributed by atoms with E-state index in [0.29, 0.717) is 0 Å². The van der Waals surface area contributed by atoms with E-state index in [1.54, 1.807) is 0 Å². The highest BCUT2D eigenvalue weighted by Gasteiger charge is 1.80. The first kappa shape index (κ1) is 5.01. The molecule has 0 aliphatic heterocycles. The topological polar surface area (TPSA) is 34.1 Å². The van der Waals surface area contributed by atoms with Gasteiger partial charge in [0, 0.05) is 6.26 Å². The first-order chi connectivity index (χ1) is 2.00. The average molecular weight is 91.9 g/mol. The van der Waals surface area contributed by atoms with Crippen molar-refractivity contribution in [2.24, 2.45) is 0 Å². The molecule has 30 valence electrons. The van der Waals surface area contributed by atoms with Crippen LogP contribution >= 0.6 is 0 Å². The molecule has 0 spiro atoms. The van der Waals surface area contributed by atoms with Gasteiger partial charge in [0.25, 0.3) is 7.12 Å². The summed E-state index contributed by atoms with van der Waals surface area (Å²) in [6.07, 6.45) is 1.16. The second-order valence-corrected chi connectivity index (χ2v) is 3.43. The summed E-state index contributed by atoms with van der Waals surface area (Å²) in [4.78, 5) is 0. The van der Waals surface area contributed by atoms with Gasteiger partial charge in [-0.15, -0.1) is 0 Å². The molecular weight excluding hydrogens is 86.9 g/mol. The van der Waals surface area contributed by atoms with E-state index < -0.39 is 9.69 Å². The Morgan fingerprint density at radius 3 is 1.60 bits per heavy atom. The van der Waals surface area contributed by atoms with Gasteiger partial charge in [-0.3, -0.25) is 0 Å². The lowest BCUT2D eigenvalue weighted by atomic mass is 10.8. The van der Waals surface area contributed by atoms with Gasteiger partial charge in [0.1, 0.15) is 0 Å². The third kappa shape index (κ3) is 73100. The summed E-state index contributed by atoms with van der Waals surface area (Å²) in [5.74, 6) is 0. The maximum Gasteiger partial charge on any atom is 0.255 e. The molecule has 0 fully saturated rings. The van der Waals surface area contributed by atoms with Crippen molar-refractivity contribution >= 4 is 16.8 Å². The number of hydrogen-bond donors (Lipinski definition) is 0. The molecule has 0 atom stereocenters. The molecule has 0 aromatic heterocycles. The van der Waals surface area contributed by atoms with Crippen molar-refractivity contribution in [3.63, 3.8) is 0 Å². The van der Waals surface area contributed by atoms with E-state index in [4.69, 9.17) is 0 Å². The maximum atomic E-state index is 9.63. The summed E-state index contributed by atoms with van der Waals surface area (Å²) < 4.78 is 19.3. The second kappa shape index (κ2) is 1.01. The molecule has 0 aliphatic rings. The molecule has 5 heavy (non-hydrogen) atoms. The molecule has 2 nitrogen and oxygen atoms in total. The molecule has 0 aliphatic carbocycles. The number of hydrogen-bond acceptors (Lipinski definition) is 2. The summed E-state index contributed by atoms with van der Waals surface area (Å²) in [6, 6.07) is 0. The first-order valence-electron chi connectivity index (χ1n) is 1.15. The van der Waals surface area contributed by atoms with Crippen LogP contribution in [0.15, 0.2) is 0 Å². The van der Waals surface area contributed by atoms with Crippen LogP contribution in [0, 0.1) is 0 Å². The molecule has 0 amide bonds. The zero-order valence-corrected chi connectivity index (χ0v) is 4.04. The highest BCUT2D eigenvalue weighted by molar-refractivity contribution is 8.11. The summed E-state index contributed by atoms with van der Waals surface area (Å²) >= 11 is 0. The fourth-order valence-corrected chi connectivity index (χ4v) is 0. The lowest BCUT2D eigenvalue weighted by Gasteiger charge is -1.69. The van der Waals surface area contributed by atoms with Crippen LogP contribution in [0.3, 0.4) is 0 Å². The van der Waals surface area contributed by atoms with E-state index in [1.807, 2.05) is 0 Å². The van der Waals surface area contributed by atoms with E-state index in [9.17, 15) is 8.42 Å². The zero-order valence-electron chi connectivity index (χ0n) is 3.22. The molecule has 0 aromatic rings. The van der Waals surface area contributed by atoms with Gasteiger partial charge in [0.05, 0.1) is 9.69 Å². The van der Waals surface area contributed by atoms with Crippen LogP contribution < -0.4 is 0 Å². The Hall–Kier alpha value is 0.0149. The summed E-state index contributed by atoms with van der Waals surface area (Å²) in [7, 11) is -1.51. The third-order valence-corrected chi connectivity index (χ3v) is 0. The van der Waals surface area contributed by atoms with Crippen molar-refractivity contribution in [2.45, 2.75) is 0 Å². The van der Waals surface area contributed by atoms with Crippen LogP contribution in [0.4, 0.5) is 0 Å². The minimum absolute atomic E-state index is 1.16. The van der Waals surface area contributed by atoms with Crippen LogP contribution in [0.5, 0.6) is 0 Å². The Balaban J connectivity index is 4.06. The van der Waals surface area contributed by atoms with E-state index in [0.717, 1.165) is 13.4 Å². The Morgan fingerprint density at radius 1 is 1.60 bits per heavy atom. The average Bonchev–Trinajstić information content (AvgIpc) is 0.722. The fourth-order valence-electron chi connectivity index (χ4n) is 0. The van der Waals surface area contributed by atoms with Gasteiger partial charge >= 0.3 is 0 Å². The number of rotatable bonds is 0. The molecule has 0 bridgehead atoms. The van der Waals surface area contributed by atoms with Crippen LogP contribution in [0.1, 0.15) is 0 Å². The van der Waals surface area contributed by atoms with E-state index in [-0.39, 0.29) is 0 Å². The molecule has 0 heterocycles. The zero-order chi connectivity index (χ0) is 4.50. The highest BCUT2D eigenvalue weighted by atomic mass is 32.2. The van der Waals surface area contributed by atoms with E-state index >= 15 is 0 Å². The van der Waals surface area contributed by atoms with Gasteiger partial charge in [-0.05, 0) is 0 Å². The Kier molecular flexibility index (Phi) is 1.01. The summed E-state index contributed by atoms with van der Waals surface area (Å²) in [5, 5.41) is 0. The van der Waals surface area contributed by atoms with Crippen molar-refractivity contribution in [3.8, 4) is 0 Å². The molecule has 0 unspecified atom stereocenters. The highest BCUT2D eigenvalue weighted by Crippen LogP contribution is 1.59. The second-order valence-electron chi connectivity index (χ2n) is 1.14. The molecule has 0 aromatic carbocycles. The summed E-state index contributed by atoms with van der Waals surface area (Å²) in [6.45, 7) is 0. The van der Waals surface area contributed by atoms with E-state index in [2.05, 4.69) is 0 Å². The third-order valence-electron chi connectivity index (χ3n) is 0. The molecule has 0 saturated heterocycles. The van der Waals surface area contributed by atoms with Gasteiger partial charge in [0.15, 0.2) is 0 Å². The van der Waals surface area contributed by atoms with Gasteiger partial charge in [0.2, 0.25) is 0 Å². The molecule has 0 radical (unpaired) electrons. The van der Waals surface area contributed by atoms with Crippen LogP contribution in [-0.2, 0) is 9.69 Å². The van der Waals surface area contributed by atoms with Crippen LogP contribution in [0.2, 0.25) is 0 Å². The van der Waals surface area contributed by atoms with Gasteiger partial charge < -0.3 is 0 Å². The van der Waals surface area contributed by atoms with Crippen molar-refractivity contribution in [1.82, 2.24) is 0 Å². The van der Waals surface area contributed by atoms with Gasteiger partial charge in [-0.25, -0.2) is 8.42 Å². The summed E-state index contributed by atoms with van der Waals surface area (Å²) in [5.41, 5.74) is 0. The monoisotopic (exact) mass is 92.0 g/mol. The molecular formula is CH5BO2S. The van der Waals surface area contributed by atoms with Crippen molar-refractivity contribution < 1.29 is 8.42 Å². The molecule has 0 rings (SSSR count). The molecule has 0 N–H and O–H groups in total. The smallest absolute Gasteiger partial charge is 0.242 e. The van der Waals surface area contributed by atoms with Crippen molar-refractivity contribution in [3.05, 3.63) is 0 Å². The standard InChI is InChI=1S/CH5BO2S/c1-5(2,3)4/h2H2,1H3. The Labute approximate surface area is 32.4 Å². The fraction of sp³-hybridized carbons (Fsp3) is 1.00. The molecule has 0 saturated carbocycles. The predicted molar refractivity (Wildman–Crippen MR) is 23.4 cm³/mol. The van der Waals surface area contributed by atoms with E-state index in [1.165, 1.54) is 0 Å². The Morgan fingerprint density at radius 2 is 1.60 bits per heavy atom. The van der Waals surface area contributed by atoms with Crippen LogP contribution in [0.25, 0.3) is 0 Å². The minimum Gasteiger partial charge on any atom is -0.242 e. The van der Waals surface area contributed by atoms with Crippen molar-refractivity contribution in [2.75, 3.05) is 6.26 Å². The largest absolute Gasteiger partial charge is 0.255 e. The SMILES string of the molecule is BS(C)(=O)=O. The Bertz CT molecular complexity index is 92.8. The van der Waals surface area contributed by atoms with Gasteiger partial charge in [-0.1, -0.05) is 0 Å². The first-order valence-corrected chi connectivity index (χ1v) is 3.45. The molecule has 4 heteroatoms. The van der Waals surface area contributed by atoms with Crippen LogP contribution in [-0.4, -0.2) is 21.8 Å². The lowest BCUT2D eigenvalue weighted by molar-refractivity contribution is 0.614. The normalized spacial score (nSPS) is 11.4. The maximum absolute atomic E-state index is 9.63. The quantitative estimate of drug-likeness (QED) is 0.343. The van der Waals surface area contributed by atoms with Crippen molar-refractivity contribution in [1.29, 1.82) is 0 Å². The lowest BCUT2D eigenvalue weighted by Crippen LogP contribution is -1.89.